The summed E-state index contributed by atoms with van der Waals surface area (Å²) in [6, 6.07) is 0.0700. The van der Waals surface area contributed by atoms with E-state index in [1.165, 1.54) is 0 Å². The third kappa shape index (κ3) is 7.19. The number of carbonyl (C=O) groups is 1. The number of carbonyl (C=O) groups excluding carboxylic acids is 1. The average molecular weight is 215 g/mol. The van der Waals surface area contributed by atoms with Crippen molar-refractivity contribution >= 4 is 6.03 Å². The second-order valence-corrected chi connectivity index (χ2v) is 4.02. The summed E-state index contributed by atoms with van der Waals surface area (Å²) in [7, 11) is 4.04. The second-order valence-electron chi connectivity index (χ2n) is 4.02. The molecule has 0 bridgehead atoms. The van der Waals surface area contributed by atoms with Crippen molar-refractivity contribution in [3.05, 3.63) is 0 Å². The van der Waals surface area contributed by atoms with Crippen LogP contribution in [0.1, 0.15) is 26.7 Å². The molecule has 0 unspecified atom stereocenters. The molecular formula is C11H25N3O. The summed E-state index contributed by atoms with van der Waals surface area (Å²) in [6.07, 6.45) is 1.99. The summed E-state index contributed by atoms with van der Waals surface area (Å²) in [5, 5.41) is 2.91. The summed E-state index contributed by atoms with van der Waals surface area (Å²) >= 11 is 0. The van der Waals surface area contributed by atoms with Gasteiger partial charge in [-0.1, -0.05) is 13.8 Å². The largest absolute Gasteiger partial charge is 0.338 e. The van der Waals surface area contributed by atoms with Gasteiger partial charge < -0.3 is 15.1 Å². The Morgan fingerprint density at radius 2 is 1.73 bits per heavy atom. The van der Waals surface area contributed by atoms with E-state index in [0.29, 0.717) is 0 Å². The first-order valence-corrected chi connectivity index (χ1v) is 5.79. The maximum atomic E-state index is 11.7. The van der Waals surface area contributed by atoms with E-state index in [4.69, 9.17) is 0 Å². The van der Waals surface area contributed by atoms with Crippen molar-refractivity contribution in [3.63, 3.8) is 0 Å². The maximum Gasteiger partial charge on any atom is 0.317 e. The zero-order valence-electron chi connectivity index (χ0n) is 10.5. The van der Waals surface area contributed by atoms with Gasteiger partial charge in [-0.05, 0) is 26.9 Å². The van der Waals surface area contributed by atoms with Gasteiger partial charge in [-0.3, -0.25) is 0 Å². The molecule has 15 heavy (non-hydrogen) atoms. The van der Waals surface area contributed by atoms with Gasteiger partial charge in [-0.2, -0.15) is 0 Å². The van der Waals surface area contributed by atoms with Crippen molar-refractivity contribution in [1.29, 1.82) is 0 Å². The predicted octanol–water partition coefficient (Wildman–Crippen LogP) is 1.38. The zero-order chi connectivity index (χ0) is 11.7. The molecule has 0 saturated carbocycles. The standard InChI is InChI=1S/C11H25N3O/c1-5-7-12-11(15)14(8-6-2)10-9-13(3)4/h5-10H2,1-4H3,(H,12,15). The van der Waals surface area contributed by atoms with E-state index in [1.54, 1.807) is 0 Å². The van der Waals surface area contributed by atoms with Gasteiger partial charge in [-0.15, -0.1) is 0 Å². The second kappa shape index (κ2) is 8.53. The predicted molar refractivity (Wildman–Crippen MR) is 64.1 cm³/mol. The molecule has 0 radical (unpaired) electrons. The fourth-order valence-corrected chi connectivity index (χ4v) is 1.25. The Hall–Kier alpha value is -0.770. The molecule has 0 aromatic carbocycles. The highest BCUT2D eigenvalue weighted by atomic mass is 16.2. The SMILES string of the molecule is CCCNC(=O)N(CCC)CCN(C)C. The number of likely N-dealkylation sites (N-methyl/N-ethyl adjacent to an activating group) is 1. The molecule has 1 N–H and O–H groups in total. The Kier molecular flexibility index (Phi) is 8.09. The number of hydrogen-bond donors (Lipinski definition) is 1. The van der Waals surface area contributed by atoms with Crippen molar-refractivity contribution in [2.45, 2.75) is 26.7 Å². The van der Waals surface area contributed by atoms with Crippen LogP contribution in [0.5, 0.6) is 0 Å². The van der Waals surface area contributed by atoms with Crippen molar-refractivity contribution in [2.24, 2.45) is 0 Å². The van der Waals surface area contributed by atoms with Crippen LogP contribution in [0.25, 0.3) is 0 Å². The summed E-state index contributed by atoms with van der Waals surface area (Å²) < 4.78 is 0. The van der Waals surface area contributed by atoms with E-state index in [2.05, 4.69) is 24.1 Å². The first kappa shape index (κ1) is 14.2. The van der Waals surface area contributed by atoms with Crippen molar-refractivity contribution in [1.82, 2.24) is 15.1 Å². The molecule has 0 aliphatic carbocycles. The molecule has 2 amide bonds. The Morgan fingerprint density at radius 1 is 1.07 bits per heavy atom. The Bertz CT molecular complexity index is 171. The number of amides is 2. The first-order chi connectivity index (χ1) is 7.11. The molecule has 0 aliphatic rings. The third-order valence-electron chi connectivity index (χ3n) is 2.12. The van der Waals surface area contributed by atoms with Gasteiger partial charge in [0.2, 0.25) is 0 Å². The molecule has 0 aliphatic heterocycles. The quantitative estimate of drug-likeness (QED) is 0.696. The number of hydrogen-bond acceptors (Lipinski definition) is 2. The maximum absolute atomic E-state index is 11.7. The summed E-state index contributed by atoms with van der Waals surface area (Å²) in [4.78, 5) is 15.7. The molecule has 0 aromatic heterocycles. The zero-order valence-corrected chi connectivity index (χ0v) is 10.5. The highest BCUT2D eigenvalue weighted by Crippen LogP contribution is 1.93. The minimum Gasteiger partial charge on any atom is -0.338 e. The molecule has 4 heteroatoms. The van der Waals surface area contributed by atoms with Crippen LogP contribution in [-0.2, 0) is 0 Å². The average Bonchev–Trinajstić information content (AvgIpc) is 2.20. The van der Waals surface area contributed by atoms with Gasteiger partial charge in [0.15, 0.2) is 0 Å². The van der Waals surface area contributed by atoms with Crippen LogP contribution in [0.15, 0.2) is 0 Å². The molecule has 0 heterocycles. The van der Waals surface area contributed by atoms with Gasteiger partial charge in [0.05, 0.1) is 0 Å². The Labute approximate surface area is 93.6 Å². The Morgan fingerprint density at radius 3 is 2.20 bits per heavy atom. The molecular weight excluding hydrogens is 190 g/mol. The number of rotatable bonds is 7. The van der Waals surface area contributed by atoms with Crippen LogP contribution in [0.4, 0.5) is 4.79 Å². The van der Waals surface area contributed by atoms with Crippen LogP contribution in [0, 0.1) is 0 Å². The monoisotopic (exact) mass is 215 g/mol. The van der Waals surface area contributed by atoms with Crippen LogP contribution in [-0.4, -0.2) is 56.1 Å². The van der Waals surface area contributed by atoms with Gasteiger partial charge in [-0.25, -0.2) is 4.79 Å². The van der Waals surface area contributed by atoms with Crippen LogP contribution < -0.4 is 5.32 Å². The number of nitrogens with one attached hydrogen (secondary N) is 1. The lowest BCUT2D eigenvalue weighted by atomic mass is 10.4. The fourth-order valence-electron chi connectivity index (χ4n) is 1.25. The molecule has 4 nitrogen and oxygen atoms in total. The van der Waals surface area contributed by atoms with Gasteiger partial charge in [0.25, 0.3) is 0 Å². The van der Waals surface area contributed by atoms with E-state index < -0.39 is 0 Å². The van der Waals surface area contributed by atoms with E-state index in [-0.39, 0.29) is 6.03 Å². The minimum absolute atomic E-state index is 0.0700. The Balaban J connectivity index is 3.94. The lowest BCUT2D eigenvalue weighted by molar-refractivity contribution is 0.191. The van der Waals surface area contributed by atoms with Gasteiger partial charge >= 0.3 is 6.03 Å². The highest BCUT2D eigenvalue weighted by molar-refractivity contribution is 5.74. The van der Waals surface area contributed by atoms with E-state index in [9.17, 15) is 4.79 Å². The van der Waals surface area contributed by atoms with Crippen molar-refractivity contribution < 1.29 is 4.79 Å². The lowest BCUT2D eigenvalue weighted by Crippen LogP contribution is -2.43. The molecule has 0 spiro atoms. The van der Waals surface area contributed by atoms with Crippen molar-refractivity contribution in [2.75, 3.05) is 40.3 Å². The van der Waals surface area contributed by atoms with E-state index in [1.807, 2.05) is 19.0 Å². The van der Waals surface area contributed by atoms with Crippen LogP contribution in [0.2, 0.25) is 0 Å². The van der Waals surface area contributed by atoms with E-state index in [0.717, 1.165) is 39.0 Å². The van der Waals surface area contributed by atoms with Gasteiger partial charge in [0.1, 0.15) is 0 Å². The summed E-state index contributed by atoms with van der Waals surface area (Å²) in [5.74, 6) is 0. The number of nitrogens with zero attached hydrogens (tertiary/aromatic N) is 2. The summed E-state index contributed by atoms with van der Waals surface area (Å²) in [5.41, 5.74) is 0. The van der Waals surface area contributed by atoms with Crippen LogP contribution in [0.3, 0.4) is 0 Å². The first-order valence-electron chi connectivity index (χ1n) is 5.79. The summed E-state index contributed by atoms with van der Waals surface area (Å²) in [6.45, 7) is 7.47. The van der Waals surface area contributed by atoms with E-state index >= 15 is 0 Å². The highest BCUT2D eigenvalue weighted by Gasteiger charge is 2.11. The normalized spacial score (nSPS) is 10.5. The lowest BCUT2D eigenvalue weighted by Gasteiger charge is -2.24. The third-order valence-corrected chi connectivity index (χ3v) is 2.12. The fraction of sp³-hybridized carbons (Fsp3) is 0.909. The molecule has 0 saturated heterocycles. The minimum atomic E-state index is 0.0700. The number of urea groups is 1. The van der Waals surface area contributed by atoms with Crippen LogP contribution >= 0.6 is 0 Å². The molecule has 90 valence electrons. The van der Waals surface area contributed by atoms with Crippen molar-refractivity contribution in [3.8, 4) is 0 Å². The molecule has 0 aromatic rings. The molecule has 0 fully saturated rings. The van der Waals surface area contributed by atoms with Gasteiger partial charge in [0, 0.05) is 26.2 Å². The topological polar surface area (TPSA) is 35.6 Å². The smallest absolute Gasteiger partial charge is 0.317 e. The molecule has 0 atom stereocenters. The molecule has 0 rings (SSSR count).